The average molecular weight is 726 g/mol. The third-order valence-corrected chi connectivity index (χ3v) is 12.3. The SMILES string of the molecule is C=C1/C=C\C=C/N(c2ccccc2)c2ccc(-c3ccc4c(c3)c3ccccc3n4-c3ccc4c5c(ccc4c3)CCC(SCc3ccccc3)=C5N)cc21. The Morgan fingerprint density at radius 2 is 1.38 bits per heavy atom. The molecule has 0 unspecified atom stereocenters. The molecule has 55 heavy (non-hydrogen) atoms. The van der Waals surface area contributed by atoms with Crippen molar-refractivity contribution in [1.29, 1.82) is 0 Å². The zero-order valence-electron chi connectivity index (χ0n) is 30.5. The molecule has 0 bridgehead atoms. The molecule has 0 atom stereocenters. The molecule has 7 aromatic carbocycles. The number of hydrogen-bond donors (Lipinski definition) is 1. The molecule has 2 heterocycles. The number of allylic oxidation sites excluding steroid dienone is 5. The second-order valence-corrected chi connectivity index (χ2v) is 15.4. The fourth-order valence-corrected chi connectivity index (χ4v) is 9.39. The molecule has 2 N–H and O–H groups in total. The van der Waals surface area contributed by atoms with Gasteiger partial charge in [0.2, 0.25) is 0 Å². The number of aromatic nitrogens is 1. The molecular weight excluding hydrogens is 687 g/mol. The third kappa shape index (κ3) is 5.87. The van der Waals surface area contributed by atoms with E-state index in [0.29, 0.717) is 0 Å². The van der Waals surface area contributed by atoms with Crippen molar-refractivity contribution < 1.29 is 0 Å². The number of nitrogens with zero attached hydrogens (tertiary/aromatic N) is 2. The maximum absolute atomic E-state index is 7.00. The number of aryl methyl sites for hydroxylation is 1. The first-order valence-electron chi connectivity index (χ1n) is 18.9. The van der Waals surface area contributed by atoms with Crippen LogP contribution in [0.4, 0.5) is 11.4 Å². The van der Waals surface area contributed by atoms with E-state index in [4.69, 9.17) is 5.73 Å². The van der Waals surface area contributed by atoms with Gasteiger partial charge in [-0.25, -0.2) is 0 Å². The lowest BCUT2D eigenvalue weighted by molar-refractivity contribution is 0.963. The van der Waals surface area contributed by atoms with Crippen molar-refractivity contribution in [2.45, 2.75) is 18.6 Å². The lowest BCUT2D eigenvalue weighted by atomic mass is 9.90. The number of benzene rings is 7. The van der Waals surface area contributed by atoms with Crippen LogP contribution in [0, 0.1) is 0 Å². The van der Waals surface area contributed by atoms with Crippen LogP contribution in [-0.4, -0.2) is 4.57 Å². The molecule has 4 heteroatoms. The Balaban J connectivity index is 1.05. The summed E-state index contributed by atoms with van der Waals surface area (Å²) in [6.45, 7) is 4.46. The van der Waals surface area contributed by atoms with Gasteiger partial charge in [-0.05, 0) is 112 Å². The molecule has 10 rings (SSSR count). The van der Waals surface area contributed by atoms with Gasteiger partial charge in [-0.3, -0.25) is 0 Å². The number of hydrogen-bond acceptors (Lipinski definition) is 3. The summed E-state index contributed by atoms with van der Waals surface area (Å²) in [5, 5.41) is 4.88. The van der Waals surface area contributed by atoms with Gasteiger partial charge in [0, 0.05) is 55.8 Å². The predicted octanol–water partition coefficient (Wildman–Crippen LogP) is 13.3. The van der Waals surface area contributed by atoms with Gasteiger partial charge in [-0.1, -0.05) is 116 Å². The van der Waals surface area contributed by atoms with E-state index in [0.717, 1.165) is 58.1 Å². The highest BCUT2D eigenvalue weighted by Crippen LogP contribution is 2.42. The number of anilines is 2. The molecule has 1 aliphatic heterocycles. The molecule has 0 spiro atoms. The lowest BCUT2D eigenvalue weighted by Gasteiger charge is -2.25. The summed E-state index contributed by atoms with van der Waals surface area (Å²) in [7, 11) is 0. The van der Waals surface area contributed by atoms with E-state index in [1.807, 2.05) is 11.8 Å². The van der Waals surface area contributed by atoms with Crippen LogP contribution in [0.15, 0.2) is 188 Å². The van der Waals surface area contributed by atoms with Crippen LogP contribution >= 0.6 is 11.8 Å². The van der Waals surface area contributed by atoms with Gasteiger partial charge in [-0.2, -0.15) is 0 Å². The molecule has 8 aromatic rings. The number of fused-ring (bicyclic) bond motifs is 7. The highest BCUT2D eigenvalue weighted by Gasteiger charge is 2.21. The minimum atomic E-state index is 0.931. The first kappa shape index (κ1) is 33.1. The van der Waals surface area contributed by atoms with Crippen LogP contribution in [0.2, 0.25) is 0 Å². The van der Waals surface area contributed by atoms with Crippen molar-refractivity contribution >= 4 is 67.0 Å². The van der Waals surface area contributed by atoms with Gasteiger partial charge in [0.15, 0.2) is 0 Å². The normalized spacial score (nSPS) is 15.2. The average Bonchev–Trinajstić information content (AvgIpc) is 3.56. The summed E-state index contributed by atoms with van der Waals surface area (Å²) in [4.78, 5) is 3.53. The number of rotatable bonds is 6. The molecule has 1 aromatic heterocycles. The van der Waals surface area contributed by atoms with Crippen LogP contribution in [0.1, 0.15) is 28.7 Å². The van der Waals surface area contributed by atoms with E-state index < -0.39 is 0 Å². The van der Waals surface area contributed by atoms with Crippen LogP contribution in [0.3, 0.4) is 0 Å². The zero-order chi connectivity index (χ0) is 36.9. The first-order valence-corrected chi connectivity index (χ1v) is 19.9. The molecule has 2 aliphatic rings. The Labute approximate surface area is 326 Å². The van der Waals surface area contributed by atoms with Crippen molar-refractivity contribution in [3.8, 4) is 16.8 Å². The van der Waals surface area contributed by atoms with Crippen LogP contribution in [-0.2, 0) is 12.2 Å². The Kier molecular flexibility index (Phi) is 8.27. The summed E-state index contributed by atoms with van der Waals surface area (Å²) in [6.07, 6.45) is 10.3. The maximum atomic E-state index is 7.00. The largest absolute Gasteiger partial charge is 0.398 e. The molecule has 0 saturated carbocycles. The monoisotopic (exact) mass is 725 g/mol. The van der Waals surface area contributed by atoms with E-state index in [1.54, 1.807) is 0 Å². The lowest BCUT2D eigenvalue weighted by Crippen LogP contribution is -2.11. The summed E-state index contributed by atoms with van der Waals surface area (Å²) in [5.74, 6) is 0.931. The Morgan fingerprint density at radius 1 is 0.618 bits per heavy atom. The number of thioether (sulfide) groups is 1. The summed E-state index contributed by atoms with van der Waals surface area (Å²) in [6, 6.07) is 55.0. The summed E-state index contributed by atoms with van der Waals surface area (Å²) >= 11 is 1.88. The Bertz CT molecular complexity index is 2890. The quantitative estimate of drug-likeness (QED) is 0.185. The van der Waals surface area contributed by atoms with E-state index in [1.165, 1.54) is 59.7 Å². The number of para-hydroxylation sites is 2. The minimum absolute atomic E-state index is 0.931. The summed E-state index contributed by atoms with van der Waals surface area (Å²) < 4.78 is 2.41. The van der Waals surface area contributed by atoms with Gasteiger partial charge in [0.25, 0.3) is 0 Å². The molecule has 0 saturated heterocycles. The van der Waals surface area contributed by atoms with Gasteiger partial charge >= 0.3 is 0 Å². The van der Waals surface area contributed by atoms with Gasteiger partial charge in [-0.15, -0.1) is 11.8 Å². The highest BCUT2D eigenvalue weighted by molar-refractivity contribution is 8.02. The zero-order valence-corrected chi connectivity index (χ0v) is 31.3. The van der Waals surface area contributed by atoms with Crippen molar-refractivity contribution in [2.24, 2.45) is 5.73 Å². The minimum Gasteiger partial charge on any atom is -0.398 e. The molecule has 0 amide bonds. The van der Waals surface area contributed by atoms with Crippen LogP contribution in [0.5, 0.6) is 0 Å². The predicted molar refractivity (Wildman–Crippen MR) is 237 cm³/mol. The molecule has 264 valence electrons. The fourth-order valence-electron chi connectivity index (χ4n) is 8.35. The maximum Gasteiger partial charge on any atom is 0.0541 e. The fraction of sp³-hybridized carbons (Fsp3) is 0.0588. The third-order valence-electron chi connectivity index (χ3n) is 11.1. The van der Waals surface area contributed by atoms with Crippen molar-refractivity contribution in [3.63, 3.8) is 0 Å². The van der Waals surface area contributed by atoms with Gasteiger partial charge in [0.1, 0.15) is 0 Å². The molecule has 1 aliphatic carbocycles. The second kappa shape index (κ2) is 13.7. The smallest absolute Gasteiger partial charge is 0.0541 e. The Morgan fingerprint density at radius 3 is 2.25 bits per heavy atom. The van der Waals surface area contributed by atoms with Crippen LogP contribution < -0.4 is 10.6 Å². The summed E-state index contributed by atoms with van der Waals surface area (Å²) in [5.41, 5.74) is 21.9. The topological polar surface area (TPSA) is 34.2 Å². The van der Waals surface area contributed by atoms with Crippen molar-refractivity contribution in [2.75, 3.05) is 4.90 Å². The standard InChI is InChI=1S/C51H39N3S/c1-34-12-10-11-29-53(40-15-6-3-7-16-40)46-26-21-37(31-44(34)46)38-22-27-48-45(32-38)43-17-8-9-18-47(43)54(48)41-24-25-42-39(30-41)20-19-36-23-28-49(51(52)50(36)42)55-33-35-13-4-2-5-14-35/h2-22,24-27,29-32H,1,23,28,33,52H2/b12-10-,29-11-. The van der Waals surface area contributed by atoms with Crippen molar-refractivity contribution in [3.05, 3.63) is 210 Å². The Hall–Kier alpha value is -6.49. The molecule has 0 fully saturated rings. The van der Waals surface area contributed by atoms with Gasteiger partial charge in [0.05, 0.1) is 16.7 Å². The number of nitrogens with two attached hydrogens (primary N) is 1. The van der Waals surface area contributed by atoms with E-state index in [-0.39, 0.29) is 0 Å². The van der Waals surface area contributed by atoms with E-state index >= 15 is 0 Å². The second-order valence-electron chi connectivity index (χ2n) is 14.4. The molecular formula is C51H39N3S. The molecule has 3 nitrogen and oxygen atoms in total. The van der Waals surface area contributed by atoms with E-state index in [2.05, 4.69) is 192 Å². The van der Waals surface area contributed by atoms with Crippen molar-refractivity contribution in [1.82, 2.24) is 4.57 Å². The highest BCUT2D eigenvalue weighted by atomic mass is 32.2. The molecule has 0 radical (unpaired) electrons. The first-order chi connectivity index (χ1) is 27.1. The van der Waals surface area contributed by atoms with E-state index in [9.17, 15) is 0 Å². The van der Waals surface area contributed by atoms with Crippen LogP contribution in [0.25, 0.3) is 60.7 Å². The van der Waals surface area contributed by atoms with Gasteiger partial charge < -0.3 is 15.2 Å².